The molecule has 0 aliphatic rings. The fourth-order valence-corrected chi connectivity index (χ4v) is 1.69. The number of aromatic carboxylic acids is 1. The molecule has 1 heterocycles. The molecule has 1 aromatic heterocycles. The van der Waals surface area contributed by atoms with Crippen LogP contribution in [0, 0.1) is 0 Å². The highest BCUT2D eigenvalue weighted by Gasteiger charge is 2.07. The van der Waals surface area contributed by atoms with Crippen LogP contribution in [0.3, 0.4) is 0 Å². The van der Waals surface area contributed by atoms with Crippen molar-refractivity contribution in [1.82, 2.24) is 4.98 Å². The van der Waals surface area contributed by atoms with Crippen molar-refractivity contribution in [3.63, 3.8) is 0 Å². The Bertz CT molecular complexity index is 599. The molecule has 0 aliphatic carbocycles. The molecular weight excluding hydrogens is 312 g/mol. The molecule has 0 fully saturated rings. The summed E-state index contributed by atoms with van der Waals surface area (Å²) >= 11 is 3.30. The second-order valence-corrected chi connectivity index (χ2v) is 4.73. The van der Waals surface area contributed by atoms with E-state index in [1.54, 1.807) is 6.20 Å². The van der Waals surface area contributed by atoms with Gasteiger partial charge in [-0.05, 0) is 46.3 Å². The summed E-state index contributed by atoms with van der Waals surface area (Å²) in [5.41, 5.74) is 6.91. The zero-order valence-corrected chi connectivity index (χ0v) is 11.4. The van der Waals surface area contributed by atoms with Crippen LogP contribution in [0.1, 0.15) is 16.1 Å². The average Bonchev–Trinajstić information content (AvgIpc) is 2.39. The van der Waals surface area contributed by atoms with Crippen LogP contribution in [0.15, 0.2) is 41.0 Å². The largest absolute Gasteiger partial charge is 0.485 e. The molecule has 0 atom stereocenters. The van der Waals surface area contributed by atoms with E-state index in [1.807, 2.05) is 12.1 Å². The number of rotatable bonds is 4. The fraction of sp³-hybridized carbons (Fsp3) is 0.0769. The van der Waals surface area contributed by atoms with E-state index < -0.39 is 5.97 Å². The molecule has 1 aromatic carbocycles. The number of nitrogens with zero attached hydrogens (tertiary/aromatic N) is 1. The van der Waals surface area contributed by atoms with Crippen LogP contribution in [-0.4, -0.2) is 16.1 Å². The summed E-state index contributed by atoms with van der Waals surface area (Å²) in [6, 6.07) is 8.04. The van der Waals surface area contributed by atoms with Gasteiger partial charge in [0.05, 0.1) is 16.9 Å². The van der Waals surface area contributed by atoms with E-state index >= 15 is 0 Å². The van der Waals surface area contributed by atoms with Gasteiger partial charge in [-0.1, -0.05) is 0 Å². The van der Waals surface area contributed by atoms with Gasteiger partial charge in [-0.3, -0.25) is 4.98 Å². The van der Waals surface area contributed by atoms with Gasteiger partial charge in [-0.15, -0.1) is 0 Å². The number of hydrogen-bond donors (Lipinski definition) is 2. The van der Waals surface area contributed by atoms with Crippen LogP contribution in [0.5, 0.6) is 5.75 Å². The molecule has 2 rings (SSSR count). The molecule has 6 heteroatoms. The van der Waals surface area contributed by atoms with Gasteiger partial charge in [0, 0.05) is 10.7 Å². The van der Waals surface area contributed by atoms with Gasteiger partial charge in [0.15, 0.2) is 0 Å². The van der Waals surface area contributed by atoms with E-state index in [-0.39, 0.29) is 17.9 Å². The van der Waals surface area contributed by atoms with E-state index in [4.69, 9.17) is 15.6 Å². The predicted molar refractivity (Wildman–Crippen MR) is 74.1 cm³/mol. The highest BCUT2D eigenvalue weighted by atomic mass is 79.9. The van der Waals surface area contributed by atoms with Crippen molar-refractivity contribution in [3.05, 3.63) is 52.3 Å². The molecule has 0 amide bonds. The summed E-state index contributed by atoms with van der Waals surface area (Å²) < 4.78 is 6.39. The number of hydrogen-bond acceptors (Lipinski definition) is 4. The number of carboxylic acid groups (broad SMARTS) is 1. The third-order valence-electron chi connectivity index (χ3n) is 2.42. The summed E-state index contributed by atoms with van der Waals surface area (Å²) in [5, 5.41) is 8.82. The summed E-state index contributed by atoms with van der Waals surface area (Å²) in [6.07, 6.45) is 1.68. The molecule has 19 heavy (non-hydrogen) atoms. The lowest BCUT2D eigenvalue weighted by molar-refractivity contribution is 0.0697. The van der Waals surface area contributed by atoms with Gasteiger partial charge in [-0.25, -0.2) is 4.79 Å². The highest BCUT2D eigenvalue weighted by Crippen LogP contribution is 2.23. The van der Waals surface area contributed by atoms with Crippen molar-refractivity contribution in [2.45, 2.75) is 6.61 Å². The molecule has 0 saturated carbocycles. The summed E-state index contributed by atoms with van der Waals surface area (Å²) in [7, 11) is 0. The Morgan fingerprint density at radius 1 is 1.37 bits per heavy atom. The van der Waals surface area contributed by atoms with E-state index in [1.165, 1.54) is 18.2 Å². The van der Waals surface area contributed by atoms with Crippen molar-refractivity contribution < 1.29 is 14.6 Å². The highest BCUT2D eigenvalue weighted by molar-refractivity contribution is 9.10. The topological polar surface area (TPSA) is 85.4 Å². The zero-order valence-electron chi connectivity index (χ0n) is 9.84. The second-order valence-electron chi connectivity index (χ2n) is 3.81. The molecule has 5 nitrogen and oxygen atoms in total. The lowest BCUT2D eigenvalue weighted by Crippen LogP contribution is -2.03. The second kappa shape index (κ2) is 5.71. The monoisotopic (exact) mass is 322 g/mol. The van der Waals surface area contributed by atoms with Crippen LogP contribution >= 0.6 is 15.9 Å². The zero-order chi connectivity index (χ0) is 13.8. The van der Waals surface area contributed by atoms with Gasteiger partial charge < -0.3 is 15.6 Å². The summed E-state index contributed by atoms with van der Waals surface area (Å²) in [5.74, 6) is -0.581. The van der Waals surface area contributed by atoms with Crippen LogP contribution in [0.25, 0.3) is 0 Å². The molecule has 0 radical (unpaired) electrons. The number of halogens is 1. The molecule has 0 aliphatic heterocycles. The Kier molecular flexibility index (Phi) is 4.01. The Morgan fingerprint density at radius 3 is 2.74 bits per heavy atom. The van der Waals surface area contributed by atoms with Crippen LogP contribution < -0.4 is 10.5 Å². The first-order valence-corrected chi connectivity index (χ1v) is 6.21. The first-order valence-electron chi connectivity index (χ1n) is 5.42. The van der Waals surface area contributed by atoms with E-state index in [9.17, 15) is 4.79 Å². The summed E-state index contributed by atoms with van der Waals surface area (Å²) in [4.78, 5) is 14.9. The van der Waals surface area contributed by atoms with Crippen molar-refractivity contribution in [2.24, 2.45) is 0 Å². The minimum Gasteiger partial charge on any atom is -0.485 e. The Labute approximate surface area is 118 Å². The van der Waals surface area contributed by atoms with Gasteiger partial charge in [0.1, 0.15) is 12.4 Å². The molecule has 0 saturated heterocycles. The van der Waals surface area contributed by atoms with Crippen molar-refractivity contribution in [2.75, 3.05) is 5.73 Å². The normalized spacial score (nSPS) is 10.2. The fourth-order valence-electron chi connectivity index (χ4n) is 1.46. The van der Waals surface area contributed by atoms with Gasteiger partial charge in [0.2, 0.25) is 0 Å². The third kappa shape index (κ3) is 3.45. The van der Waals surface area contributed by atoms with E-state index in [2.05, 4.69) is 20.9 Å². The molecule has 0 unspecified atom stereocenters. The molecule has 0 bridgehead atoms. The van der Waals surface area contributed by atoms with Gasteiger partial charge >= 0.3 is 5.97 Å². The van der Waals surface area contributed by atoms with Crippen LogP contribution in [-0.2, 0) is 6.61 Å². The molecule has 0 spiro atoms. The Hall–Kier alpha value is -2.08. The number of nitrogen functional groups attached to an aromatic ring is 1. The minimum atomic E-state index is -1.02. The Morgan fingerprint density at radius 2 is 2.16 bits per heavy atom. The number of carbonyl (C=O) groups is 1. The smallest absolute Gasteiger partial charge is 0.335 e. The predicted octanol–water partition coefficient (Wildman–Crippen LogP) is 2.70. The third-order valence-corrected chi connectivity index (χ3v) is 2.89. The number of ether oxygens (including phenoxy) is 1. The van der Waals surface area contributed by atoms with Crippen LogP contribution in [0.4, 0.5) is 5.69 Å². The SMILES string of the molecule is Nc1cc(C(=O)O)ccc1OCc1ccc(Br)cn1. The van der Waals surface area contributed by atoms with E-state index in [0.717, 1.165) is 10.2 Å². The van der Waals surface area contributed by atoms with Crippen molar-refractivity contribution >= 4 is 27.6 Å². The average molecular weight is 323 g/mol. The Balaban J connectivity index is 2.07. The number of aromatic nitrogens is 1. The molecule has 98 valence electrons. The molecule has 2 aromatic rings. The van der Waals surface area contributed by atoms with Gasteiger partial charge in [0.25, 0.3) is 0 Å². The number of nitrogens with two attached hydrogens (primary N) is 1. The number of pyridine rings is 1. The standard InChI is InChI=1S/C13H11BrN2O3/c14-9-2-3-10(16-6-9)7-19-12-4-1-8(13(17)18)5-11(12)15/h1-6H,7,15H2,(H,17,18). The number of anilines is 1. The minimum absolute atomic E-state index is 0.131. The van der Waals surface area contributed by atoms with Crippen molar-refractivity contribution in [1.29, 1.82) is 0 Å². The maximum Gasteiger partial charge on any atom is 0.335 e. The first-order chi connectivity index (χ1) is 9.06. The lowest BCUT2D eigenvalue weighted by Gasteiger charge is -2.09. The van der Waals surface area contributed by atoms with Crippen LogP contribution in [0.2, 0.25) is 0 Å². The van der Waals surface area contributed by atoms with Gasteiger partial charge in [-0.2, -0.15) is 0 Å². The van der Waals surface area contributed by atoms with Crippen molar-refractivity contribution in [3.8, 4) is 5.75 Å². The van der Waals surface area contributed by atoms with E-state index in [0.29, 0.717) is 5.75 Å². The number of carboxylic acids is 1. The maximum absolute atomic E-state index is 10.8. The molecular formula is C13H11BrN2O3. The number of benzene rings is 1. The summed E-state index contributed by atoms with van der Waals surface area (Å²) in [6.45, 7) is 0.268. The first kappa shape index (κ1) is 13.4. The molecule has 3 N–H and O–H groups in total. The maximum atomic E-state index is 10.8. The quantitative estimate of drug-likeness (QED) is 0.845. The lowest BCUT2D eigenvalue weighted by atomic mass is 10.2.